The highest BCUT2D eigenvalue weighted by molar-refractivity contribution is 4.34. The maximum absolute atomic E-state index is 8.44. The van der Waals surface area contributed by atoms with Crippen molar-refractivity contribution in [2.24, 2.45) is 0 Å². The van der Waals surface area contributed by atoms with Crippen LogP contribution >= 0.6 is 0 Å². The Bertz CT molecular complexity index is 77.7. The van der Waals surface area contributed by atoms with Crippen molar-refractivity contribution in [2.75, 3.05) is 46.2 Å². The van der Waals surface area contributed by atoms with E-state index in [2.05, 4.69) is 0 Å². The lowest BCUT2D eigenvalue weighted by atomic mass is 10.5. The summed E-state index contributed by atoms with van der Waals surface area (Å²) < 4.78 is 15.4. The third-order valence-electron chi connectivity index (χ3n) is 1.39. The zero-order valence-corrected chi connectivity index (χ0v) is 8.33. The Hall–Kier alpha value is -0.160. The summed E-state index contributed by atoms with van der Waals surface area (Å²) >= 11 is 0. The second-order valence-electron chi connectivity index (χ2n) is 2.50. The summed E-state index contributed by atoms with van der Waals surface area (Å²) in [6.45, 7) is 5.93. The predicted octanol–water partition coefficient (Wildman–Crippen LogP) is 0.439. The van der Waals surface area contributed by atoms with Crippen LogP contribution in [0.4, 0.5) is 0 Å². The molecule has 0 aliphatic rings. The maximum Gasteiger partial charge on any atom is 0.0701 e. The molecule has 0 atom stereocenters. The number of rotatable bonds is 10. The van der Waals surface area contributed by atoms with E-state index in [0.29, 0.717) is 39.5 Å². The first-order valence-electron chi connectivity index (χ1n) is 4.76. The zero-order valence-electron chi connectivity index (χ0n) is 8.33. The van der Waals surface area contributed by atoms with E-state index in [0.717, 1.165) is 6.61 Å². The highest BCUT2D eigenvalue weighted by Crippen LogP contribution is 1.83. The molecule has 0 saturated heterocycles. The Labute approximate surface area is 79.8 Å². The Balaban J connectivity index is 2.76. The molecule has 0 fully saturated rings. The number of hydrogen-bond donors (Lipinski definition) is 1. The summed E-state index contributed by atoms with van der Waals surface area (Å²) in [5.74, 6) is 0. The van der Waals surface area contributed by atoms with Crippen LogP contribution in [0.3, 0.4) is 0 Å². The van der Waals surface area contributed by atoms with Crippen molar-refractivity contribution in [2.45, 2.75) is 13.3 Å². The van der Waals surface area contributed by atoms with Gasteiger partial charge in [-0.15, -0.1) is 0 Å². The summed E-state index contributed by atoms with van der Waals surface area (Å²) in [6.07, 6.45) is 0.693. The van der Waals surface area contributed by atoms with Gasteiger partial charge in [-0.25, -0.2) is 0 Å². The van der Waals surface area contributed by atoms with Crippen LogP contribution in [0.15, 0.2) is 0 Å². The SMILES string of the molecule is CCOCCOCCOCCCO. The van der Waals surface area contributed by atoms with Gasteiger partial charge >= 0.3 is 0 Å². The molecule has 4 heteroatoms. The van der Waals surface area contributed by atoms with Crippen LogP contribution < -0.4 is 0 Å². The van der Waals surface area contributed by atoms with E-state index in [4.69, 9.17) is 19.3 Å². The molecule has 0 rings (SSSR count). The van der Waals surface area contributed by atoms with Gasteiger partial charge in [0.25, 0.3) is 0 Å². The quantitative estimate of drug-likeness (QED) is 0.510. The molecule has 0 saturated carbocycles. The largest absolute Gasteiger partial charge is 0.396 e. The van der Waals surface area contributed by atoms with Gasteiger partial charge in [0, 0.05) is 19.8 Å². The van der Waals surface area contributed by atoms with Crippen molar-refractivity contribution < 1.29 is 19.3 Å². The molecule has 0 aliphatic heterocycles. The monoisotopic (exact) mass is 192 g/mol. The van der Waals surface area contributed by atoms with Gasteiger partial charge in [0.05, 0.1) is 26.4 Å². The van der Waals surface area contributed by atoms with E-state index in [9.17, 15) is 0 Å². The van der Waals surface area contributed by atoms with Gasteiger partial charge in [-0.05, 0) is 13.3 Å². The smallest absolute Gasteiger partial charge is 0.0701 e. The second-order valence-corrected chi connectivity index (χ2v) is 2.50. The lowest BCUT2D eigenvalue weighted by Gasteiger charge is -2.04. The molecular formula is C9H20O4. The summed E-state index contributed by atoms with van der Waals surface area (Å²) in [7, 11) is 0. The van der Waals surface area contributed by atoms with Crippen molar-refractivity contribution in [1.82, 2.24) is 0 Å². The Morgan fingerprint density at radius 1 is 0.846 bits per heavy atom. The number of ether oxygens (including phenoxy) is 3. The number of hydrogen-bond acceptors (Lipinski definition) is 4. The van der Waals surface area contributed by atoms with Crippen LogP contribution in [-0.2, 0) is 14.2 Å². The molecule has 0 heterocycles. The van der Waals surface area contributed by atoms with Crippen molar-refractivity contribution in [3.05, 3.63) is 0 Å². The van der Waals surface area contributed by atoms with E-state index < -0.39 is 0 Å². The molecule has 0 aromatic carbocycles. The molecule has 4 nitrogen and oxygen atoms in total. The Morgan fingerprint density at radius 3 is 1.92 bits per heavy atom. The van der Waals surface area contributed by atoms with Crippen LogP contribution in [0.25, 0.3) is 0 Å². The first kappa shape index (κ1) is 12.8. The lowest BCUT2D eigenvalue weighted by Crippen LogP contribution is -2.10. The summed E-state index contributed by atoms with van der Waals surface area (Å²) in [5.41, 5.74) is 0. The van der Waals surface area contributed by atoms with Gasteiger partial charge in [0.15, 0.2) is 0 Å². The minimum absolute atomic E-state index is 0.186. The fourth-order valence-electron chi connectivity index (χ4n) is 0.751. The van der Waals surface area contributed by atoms with Gasteiger partial charge in [-0.2, -0.15) is 0 Å². The van der Waals surface area contributed by atoms with Crippen LogP contribution in [0, 0.1) is 0 Å². The molecule has 0 aromatic heterocycles. The zero-order chi connectivity index (χ0) is 9.78. The number of aliphatic hydroxyl groups is 1. The molecule has 0 aliphatic carbocycles. The van der Waals surface area contributed by atoms with Crippen molar-refractivity contribution >= 4 is 0 Å². The molecule has 0 amide bonds. The standard InChI is InChI=1S/C9H20O4/c1-2-11-6-7-13-9-8-12-5-3-4-10/h10H,2-9H2,1H3. The normalized spacial score (nSPS) is 10.6. The van der Waals surface area contributed by atoms with E-state index >= 15 is 0 Å². The highest BCUT2D eigenvalue weighted by Gasteiger charge is 1.89. The third kappa shape index (κ3) is 11.8. The third-order valence-corrected chi connectivity index (χ3v) is 1.39. The van der Waals surface area contributed by atoms with E-state index in [1.807, 2.05) is 6.92 Å². The number of aliphatic hydroxyl groups excluding tert-OH is 1. The van der Waals surface area contributed by atoms with E-state index in [1.54, 1.807) is 0 Å². The van der Waals surface area contributed by atoms with E-state index in [1.165, 1.54) is 0 Å². The average Bonchev–Trinajstić information content (AvgIpc) is 2.16. The molecule has 0 aromatic rings. The summed E-state index contributed by atoms with van der Waals surface area (Å²) in [6, 6.07) is 0. The first-order chi connectivity index (χ1) is 6.41. The molecular weight excluding hydrogens is 172 g/mol. The highest BCUT2D eigenvalue weighted by atomic mass is 16.5. The van der Waals surface area contributed by atoms with Gasteiger partial charge in [-0.1, -0.05) is 0 Å². The Kier molecular flexibility index (Phi) is 11.7. The van der Waals surface area contributed by atoms with Crippen molar-refractivity contribution in [3.63, 3.8) is 0 Å². The second kappa shape index (κ2) is 11.8. The fraction of sp³-hybridized carbons (Fsp3) is 1.00. The average molecular weight is 192 g/mol. The molecule has 0 unspecified atom stereocenters. The van der Waals surface area contributed by atoms with Gasteiger partial charge in [-0.3, -0.25) is 0 Å². The molecule has 1 N–H and O–H groups in total. The first-order valence-corrected chi connectivity index (χ1v) is 4.76. The predicted molar refractivity (Wildman–Crippen MR) is 49.8 cm³/mol. The summed E-state index contributed by atoms with van der Waals surface area (Å²) in [4.78, 5) is 0. The van der Waals surface area contributed by atoms with Crippen molar-refractivity contribution in [1.29, 1.82) is 0 Å². The minimum atomic E-state index is 0.186. The molecule has 0 bridgehead atoms. The molecule has 0 radical (unpaired) electrons. The van der Waals surface area contributed by atoms with Gasteiger partial charge in [0.1, 0.15) is 0 Å². The fourth-order valence-corrected chi connectivity index (χ4v) is 0.751. The van der Waals surface area contributed by atoms with Crippen LogP contribution in [-0.4, -0.2) is 51.4 Å². The minimum Gasteiger partial charge on any atom is -0.396 e. The van der Waals surface area contributed by atoms with Gasteiger partial charge < -0.3 is 19.3 Å². The maximum atomic E-state index is 8.44. The lowest BCUT2D eigenvalue weighted by molar-refractivity contribution is 0.0146. The molecule has 0 spiro atoms. The van der Waals surface area contributed by atoms with Crippen LogP contribution in [0.2, 0.25) is 0 Å². The molecule has 13 heavy (non-hydrogen) atoms. The summed E-state index contributed by atoms with van der Waals surface area (Å²) in [5, 5.41) is 8.44. The van der Waals surface area contributed by atoms with Crippen LogP contribution in [0.5, 0.6) is 0 Å². The topological polar surface area (TPSA) is 47.9 Å². The molecule has 80 valence electrons. The van der Waals surface area contributed by atoms with E-state index in [-0.39, 0.29) is 6.61 Å². The van der Waals surface area contributed by atoms with Gasteiger partial charge in [0.2, 0.25) is 0 Å². The Morgan fingerprint density at radius 2 is 1.38 bits per heavy atom. The van der Waals surface area contributed by atoms with Crippen molar-refractivity contribution in [3.8, 4) is 0 Å². The van der Waals surface area contributed by atoms with Crippen LogP contribution in [0.1, 0.15) is 13.3 Å².